The molecule has 20 heavy (non-hydrogen) atoms. The second kappa shape index (κ2) is 6.07. The summed E-state index contributed by atoms with van der Waals surface area (Å²) in [4.78, 5) is 2.58. The molecular formula is C17H27BrN2. The molecule has 1 saturated heterocycles. The second-order valence-electron chi connectivity index (χ2n) is 6.24. The van der Waals surface area contributed by atoms with Gasteiger partial charge in [-0.05, 0) is 56.9 Å². The summed E-state index contributed by atoms with van der Waals surface area (Å²) >= 11 is 3.67. The van der Waals surface area contributed by atoms with Crippen molar-refractivity contribution in [2.75, 3.05) is 18.0 Å². The van der Waals surface area contributed by atoms with Crippen molar-refractivity contribution in [1.82, 2.24) is 5.32 Å². The van der Waals surface area contributed by atoms with E-state index in [4.69, 9.17) is 0 Å². The van der Waals surface area contributed by atoms with Crippen LogP contribution in [0.5, 0.6) is 0 Å². The van der Waals surface area contributed by atoms with E-state index in [-0.39, 0.29) is 5.54 Å². The smallest absolute Gasteiger partial charge is 0.0387 e. The van der Waals surface area contributed by atoms with E-state index in [1.807, 2.05) is 0 Å². The predicted octanol–water partition coefficient (Wildman–Crippen LogP) is 4.42. The number of nitrogens with one attached hydrogen (secondary N) is 1. The van der Waals surface area contributed by atoms with Crippen molar-refractivity contribution >= 4 is 21.6 Å². The number of hydrogen-bond acceptors (Lipinski definition) is 2. The number of benzene rings is 1. The Morgan fingerprint density at radius 1 is 1.25 bits per heavy atom. The van der Waals surface area contributed by atoms with Crippen LogP contribution in [0, 0.1) is 13.8 Å². The summed E-state index contributed by atoms with van der Waals surface area (Å²) in [7, 11) is 0. The highest BCUT2D eigenvalue weighted by molar-refractivity contribution is 9.10. The lowest BCUT2D eigenvalue weighted by molar-refractivity contribution is 0.254. The van der Waals surface area contributed by atoms with Gasteiger partial charge in [-0.1, -0.05) is 29.8 Å². The topological polar surface area (TPSA) is 15.3 Å². The average molecular weight is 339 g/mol. The largest absolute Gasteiger partial charge is 0.366 e. The van der Waals surface area contributed by atoms with E-state index >= 15 is 0 Å². The van der Waals surface area contributed by atoms with Crippen molar-refractivity contribution in [1.29, 1.82) is 0 Å². The van der Waals surface area contributed by atoms with Crippen LogP contribution in [-0.2, 0) is 0 Å². The van der Waals surface area contributed by atoms with Crippen molar-refractivity contribution in [3.63, 3.8) is 0 Å². The van der Waals surface area contributed by atoms with Crippen LogP contribution in [-0.4, -0.2) is 24.7 Å². The first-order valence-corrected chi connectivity index (χ1v) is 8.50. The third-order valence-electron chi connectivity index (χ3n) is 4.88. The minimum Gasteiger partial charge on any atom is -0.366 e. The Bertz CT molecular complexity index is 457. The van der Waals surface area contributed by atoms with Gasteiger partial charge in [-0.3, -0.25) is 0 Å². The van der Waals surface area contributed by atoms with Gasteiger partial charge in [0.1, 0.15) is 0 Å². The van der Waals surface area contributed by atoms with Crippen molar-refractivity contribution in [2.24, 2.45) is 0 Å². The third kappa shape index (κ3) is 2.89. The predicted molar refractivity (Wildman–Crippen MR) is 91.7 cm³/mol. The van der Waals surface area contributed by atoms with Gasteiger partial charge in [0, 0.05) is 34.8 Å². The monoisotopic (exact) mass is 338 g/mol. The van der Waals surface area contributed by atoms with Gasteiger partial charge in [0.15, 0.2) is 0 Å². The molecule has 1 aliphatic heterocycles. The summed E-state index contributed by atoms with van der Waals surface area (Å²) in [5.41, 5.74) is 4.28. The molecule has 2 nitrogen and oxygen atoms in total. The Hall–Kier alpha value is -0.540. The van der Waals surface area contributed by atoms with Crippen molar-refractivity contribution in [3.05, 3.63) is 27.7 Å². The lowest BCUT2D eigenvalue weighted by Crippen LogP contribution is -2.63. The molecule has 1 fully saturated rings. The minimum absolute atomic E-state index is 0.265. The fraction of sp³-hybridized carbons (Fsp3) is 0.647. The zero-order chi connectivity index (χ0) is 14.9. The second-order valence-corrected chi connectivity index (χ2v) is 7.03. The van der Waals surface area contributed by atoms with E-state index in [1.54, 1.807) is 0 Å². The van der Waals surface area contributed by atoms with E-state index < -0.39 is 0 Å². The zero-order valence-corrected chi connectivity index (χ0v) is 15.0. The molecule has 0 aromatic heterocycles. The van der Waals surface area contributed by atoms with E-state index in [0.29, 0.717) is 6.04 Å². The van der Waals surface area contributed by atoms with Crippen LogP contribution in [0.2, 0.25) is 0 Å². The number of nitrogens with zero attached hydrogens (tertiary/aromatic N) is 1. The van der Waals surface area contributed by atoms with Crippen molar-refractivity contribution in [3.8, 4) is 0 Å². The Kier molecular flexibility index (Phi) is 4.80. The molecule has 1 aliphatic rings. The maximum absolute atomic E-state index is 3.77. The molecule has 0 radical (unpaired) electrons. The number of anilines is 1. The fourth-order valence-corrected chi connectivity index (χ4v) is 3.40. The Balaban J connectivity index is 2.34. The molecule has 1 unspecified atom stereocenters. The van der Waals surface area contributed by atoms with Crippen LogP contribution >= 0.6 is 15.9 Å². The van der Waals surface area contributed by atoms with Gasteiger partial charge in [0.2, 0.25) is 0 Å². The van der Waals surface area contributed by atoms with Crippen LogP contribution in [0.1, 0.15) is 44.7 Å². The number of aryl methyl sites for hydroxylation is 2. The van der Waals surface area contributed by atoms with E-state index in [1.165, 1.54) is 34.1 Å². The Labute approximate surface area is 132 Å². The number of piperazine rings is 1. The van der Waals surface area contributed by atoms with Gasteiger partial charge in [0.25, 0.3) is 0 Å². The SMILES string of the molecule is CCC1(CC)CN(c2cc(C)c(Br)c(C)c2)C(C)CN1. The molecule has 0 bridgehead atoms. The highest BCUT2D eigenvalue weighted by Crippen LogP contribution is 2.32. The highest BCUT2D eigenvalue weighted by Gasteiger charge is 2.35. The molecule has 1 N–H and O–H groups in total. The molecule has 3 heteroatoms. The van der Waals surface area contributed by atoms with Crippen LogP contribution in [0.25, 0.3) is 0 Å². The molecule has 0 saturated carbocycles. The van der Waals surface area contributed by atoms with Gasteiger partial charge in [0.05, 0.1) is 0 Å². The van der Waals surface area contributed by atoms with E-state index in [9.17, 15) is 0 Å². The molecule has 1 heterocycles. The first-order chi connectivity index (χ1) is 9.42. The lowest BCUT2D eigenvalue weighted by Gasteiger charge is -2.48. The Morgan fingerprint density at radius 3 is 2.30 bits per heavy atom. The van der Waals surface area contributed by atoms with Gasteiger partial charge in [-0.25, -0.2) is 0 Å². The Morgan fingerprint density at radius 2 is 1.80 bits per heavy atom. The van der Waals surface area contributed by atoms with Crippen molar-refractivity contribution < 1.29 is 0 Å². The standard InChI is InChI=1S/C17H27BrN2/c1-6-17(7-2)11-20(14(5)10-19-17)15-8-12(3)16(18)13(4)9-15/h8-9,14,19H,6-7,10-11H2,1-5H3. The van der Waals surface area contributed by atoms with Crippen LogP contribution in [0.3, 0.4) is 0 Å². The first kappa shape index (κ1) is 15.8. The molecule has 0 spiro atoms. The summed E-state index contributed by atoms with van der Waals surface area (Å²) in [6, 6.07) is 5.17. The molecule has 0 amide bonds. The molecule has 1 atom stereocenters. The van der Waals surface area contributed by atoms with Gasteiger partial charge in [-0.15, -0.1) is 0 Å². The quantitative estimate of drug-likeness (QED) is 0.877. The molecular weight excluding hydrogens is 312 g/mol. The molecule has 2 rings (SSSR count). The van der Waals surface area contributed by atoms with Crippen LogP contribution in [0.15, 0.2) is 16.6 Å². The lowest BCUT2D eigenvalue weighted by atomic mass is 9.88. The maximum atomic E-state index is 3.77. The van der Waals surface area contributed by atoms with Gasteiger partial charge >= 0.3 is 0 Å². The van der Waals surface area contributed by atoms with E-state index in [2.05, 4.69) is 72.9 Å². The van der Waals surface area contributed by atoms with Crippen molar-refractivity contribution in [2.45, 2.75) is 59.0 Å². The first-order valence-electron chi connectivity index (χ1n) is 7.71. The highest BCUT2D eigenvalue weighted by atomic mass is 79.9. The molecule has 0 aliphatic carbocycles. The minimum atomic E-state index is 0.265. The van der Waals surface area contributed by atoms with Crippen LogP contribution in [0.4, 0.5) is 5.69 Å². The van der Waals surface area contributed by atoms with Gasteiger partial charge < -0.3 is 10.2 Å². The summed E-state index contributed by atoms with van der Waals surface area (Å²) in [5, 5.41) is 3.77. The van der Waals surface area contributed by atoms with E-state index in [0.717, 1.165) is 13.1 Å². The van der Waals surface area contributed by atoms with Crippen LogP contribution < -0.4 is 10.2 Å². The number of halogens is 1. The third-order valence-corrected chi connectivity index (χ3v) is 6.13. The summed E-state index contributed by atoms with van der Waals surface area (Å²) in [5.74, 6) is 0. The summed E-state index contributed by atoms with van der Waals surface area (Å²) in [6.07, 6.45) is 2.36. The fourth-order valence-electron chi connectivity index (χ4n) is 3.17. The maximum Gasteiger partial charge on any atom is 0.0387 e. The van der Waals surface area contributed by atoms with Gasteiger partial charge in [-0.2, -0.15) is 0 Å². The summed E-state index contributed by atoms with van der Waals surface area (Å²) in [6.45, 7) is 13.4. The average Bonchev–Trinajstić information content (AvgIpc) is 2.45. The zero-order valence-electron chi connectivity index (χ0n) is 13.4. The number of rotatable bonds is 3. The molecule has 112 valence electrons. The summed E-state index contributed by atoms with van der Waals surface area (Å²) < 4.78 is 1.24. The number of hydrogen-bond donors (Lipinski definition) is 1. The molecule has 1 aromatic carbocycles. The molecule has 1 aromatic rings. The normalized spacial score (nSPS) is 22.1.